The molecule has 0 radical (unpaired) electrons. The molecule has 0 aliphatic rings. The van der Waals surface area contributed by atoms with Crippen molar-refractivity contribution in [2.45, 2.75) is 19.9 Å². The number of rotatable bonds is 4. The van der Waals surface area contributed by atoms with Gasteiger partial charge in [0.2, 0.25) is 0 Å². The minimum Gasteiger partial charge on any atom is -0.478 e. The van der Waals surface area contributed by atoms with Crippen LogP contribution in [-0.2, 0) is 6.54 Å². The lowest BCUT2D eigenvalue weighted by Gasteiger charge is -2.08. The van der Waals surface area contributed by atoms with Gasteiger partial charge in [0.15, 0.2) is 0 Å². The Morgan fingerprint density at radius 3 is 2.94 bits per heavy atom. The summed E-state index contributed by atoms with van der Waals surface area (Å²) >= 11 is 0. The van der Waals surface area contributed by atoms with Gasteiger partial charge in [-0.1, -0.05) is 6.92 Å². The molecule has 88 valence electrons. The van der Waals surface area contributed by atoms with Crippen molar-refractivity contribution < 1.29 is 9.90 Å². The number of carbonyl (C=O) groups is 1. The van der Waals surface area contributed by atoms with Gasteiger partial charge in [0.1, 0.15) is 0 Å². The zero-order chi connectivity index (χ0) is 12.3. The van der Waals surface area contributed by atoms with Crippen LogP contribution in [0.1, 0.15) is 23.7 Å². The van der Waals surface area contributed by atoms with Gasteiger partial charge in [-0.25, -0.2) is 4.79 Å². The molecule has 0 bridgehead atoms. The average molecular weight is 231 g/mol. The first-order valence-electron chi connectivity index (χ1n) is 5.43. The van der Waals surface area contributed by atoms with Crippen molar-refractivity contribution in [3.05, 3.63) is 36.3 Å². The standard InChI is InChI=1S/C12H13N3O2/c1-2-7-15-11(4-6-14-15)10-8-13-5-3-9(10)12(16)17/h3-6,8H,2,7H2,1H3,(H,16,17). The van der Waals surface area contributed by atoms with E-state index in [1.54, 1.807) is 23.1 Å². The number of aryl methyl sites for hydroxylation is 1. The number of hydrogen-bond donors (Lipinski definition) is 1. The second-order valence-electron chi connectivity index (χ2n) is 3.67. The molecule has 0 spiro atoms. The summed E-state index contributed by atoms with van der Waals surface area (Å²) in [7, 11) is 0. The minimum atomic E-state index is -0.952. The van der Waals surface area contributed by atoms with Crippen LogP contribution in [0.5, 0.6) is 0 Å². The molecule has 0 unspecified atom stereocenters. The van der Waals surface area contributed by atoms with Crippen molar-refractivity contribution >= 4 is 5.97 Å². The molecule has 0 fully saturated rings. The summed E-state index contributed by atoms with van der Waals surface area (Å²) in [6, 6.07) is 3.31. The molecule has 5 nitrogen and oxygen atoms in total. The highest BCUT2D eigenvalue weighted by Gasteiger charge is 2.14. The number of carboxylic acids is 1. The third-order valence-corrected chi connectivity index (χ3v) is 2.48. The van der Waals surface area contributed by atoms with E-state index in [0.29, 0.717) is 5.56 Å². The van der Waals surface area contributed by atoms with E-state index in [-0.39, 0.29) is 5.56 Å². The molecule has 0 aromatic carbocycles. The molecule has 0 atom stereocenters. The predicted octanol–water partition coefficient (Wildman–Crippen LogP) is 2.05. The molecule has 2 rings (SSSR count). The molecule has 5 heteroatoms. The van der Waals surface area contributed by atoms with Crippen molar-refractivity contribution in [3.63, 3.8) is 0 Å². The smallest absolute Gasteiger partial charge is 0.336 e. The van der Waals surface area contributed by atoms with Gasteiger partial charge in [-0.2, -0.15) is 5.10 Å². The fourth-order valence-corrected chi connectivity index (χ4v) is 1.74. The van der Waals surface area contributed by atoms with Crippen LogP contribution in [0.2, 0.25) is 0 Å². The number of nitrogens with zero attached hydrogens (tertiary/aromatic N) is 3. The molecule has 0 amide bonds. The molecule has 0 aliphatic heterocycles. The van der Waals surface area contributed by atoms with Crippen molar-refractivity contribution in [1.29, 1.82) is 0 Å². The summed E-state index contributed by atoms with van der Waals surface area (Å²) < 4.78 is 1.80. The Kier molecular flexibility index (Phi) is 3.18. The maximum absolute atomic E-state index is 11.1. The Morgan fingerprint density at radius 1 is 1.41 bits per heavy atom. The van der Waals surface area contributed by atoms with Gasteiger partial charge >= 0.3 is 5.97 Å². The monoisotopic (exact) mass is 231 g/mol. The normalized spacial score (nSPS) is 10.4. The molecule has 17 heavy (non-hydrogen) atoms. The van der Waals surface area contributed by atoms with Crippen LogP contribution < -0.4 is 0 Å². The fourth-order valence-electron chi connectivity index (χ4n) is 1.74. The second kappa shape index (κ2) is 4.78. The van der Waals surface area contributed by atoms with E-state index in [1.165, 1.54) is 12.3 Å². The lowest BCUT2D eigenvalue weighted by Crippen LogP contribution is -2.05. The first-order valence-corrected chi connectivity index (χ1v) is 5.43. The second-order valence-corrected chi connectivity index (χ2v) is 3.67. The van der Waals surface area contributed by atoms with E-state index in [9.17, 15) is 4.79 Å². The topological polar surface area (TPSA) is 68.0 Å². The SMILES string of the molecule is CCCn1nccc1-c1cnccc1C(=O)O. The van der Waals surface area contributed by atoms with Gasteiger partial charge in [0.25, 0.3) is 0 Å². The number of hydrogen-bond acceptors (Lipinski definition) is 3. The Labute approximate surface area is 98.7 Å². The highest BCUT2D eigenvalue weighted by atomic mass is 16.4. The Bertz CT molecular complexity index is 534. The number of carboxylic acid groups (broad SMARTS) is 1. The highest BCUT2D eigenvalue weighted by Crippen LogP contribution is 2.22. The predicted molar refractivity (Wildman–Crippen MR) is 62.7 cm³/mol. The number of aromatic nitrogens is 3. The van der Waals surface area contributed by atoms with Crippen LogP contribution in [0, 0.1) is 0 Å². The summed E-state index contributed by atoms with van der Waals surface area (Å²) in [6.45, 7) is 2.81. The average Bonchev–Trinajstić information content (AvgIpc) is 2.77. The van der Waals surface area contributed by atoms with Gasteiger partial charge in [0, 0.05) is 30.7 Å². The highest BCUT2D eigenvalue weighted by molar-refractivity contribution is 5.95. The molecular weight excluding hydrogens is 218 g/mol. The Hall–Kier alpha value is -2.17. The van der Waals surface area contributed by atoms with Crippen LogP contribution in [-0.4, -0.2) is 25.8 Å². The van der Waals surface area contributed by atoms with Gasteiger partial charge in [0.05, 0.1) is 11.3 Å². The van der Waals surface area contributed by atoms with E-state index >= 15 is 0 Å². The van der Waals surface area contributed by atoms with Crippen LogP contribution in [0.3, 0.4) is 0 Å². The fraction of sp³-hybridized carbons (Fsp3) is 0.250. The van der Waals surface area contributed by atoms with E-state index in [2.05, 4.69) is 10.1 Å². The molecule has 0 saturated carbocycles. The van der Waals surface area contributed by atoms with Crippen molar-refractivity contribution in [2.24, 2.45) is 0 Å². The summed E-state index contributed by atoms with van der Waals surface area (Å²) in [6.07, 6.45) is 5.65. The van der Waals surface area contributed by atoms with Crippen molar-refractivity contribution in [3.8, 4) is 11.3 Å². The molecule has 2 aromatic heterocycles. The quantitative estimate of drug-likeness (QED) is 0.874. The summed E-state index contributed by atoms with van der Waals surface area (Å²) in [5, 5.41) is 13.3. The first kappa shape index (κ1) is 11.3. The minimum absolute atomic E-state index is 0.248. The van der Waals surface area contributed by atoms with Crippen molar-refractivity contribution in [2.75, 3.05) is 0 Å². The van der Waals surface area contributed by atoms with Crippen LogP contribution >= 0.6 is 0 Å². The molecule has 1 N–H and O–H groups in total. The number of pyridine rings is 1. The van der Waals surface area contributed by atoms with Gasteiger partial charge < -0.3 is 5.11 Å². The van der Waals surface area contributed by atoms with E-state index in [4.69, 9.17) is 5.11 Å². The maximum atomic E-state index is 11.1. The van der Waals surface area contributed by atoms with E-state index in [0.717, 1.165) is 18.7 Å². The third-order valence-electron chi connectivity index (χ3n) is 2.48. The Balaban J connectivity index is 2.52. The maximum Gasteiger partial charge on any atom is 0.336 e. The lowest BCUT2D eigenvalue weighted by atomic mass is 10.1. The van der Waals surface area contributed by atoms with E-state index in [1.807, 2.05) is 6.92 Å². The van der Waals surface area contributed by atoms with Crippen LogP contribution in [0.15, 0.2) is 30.7 Å². The zero-order valence-electron chi connectivity index (χ0n) is 9.50. The summed E-state index contributed by atoms with van der Waals surface area (Å²) in [4.78, 5) is 15.1. The molecule has 0 saturated heterocycles. The third kappa shape index (κ3) is 2.18. The van der Waals surface area contributed by atoms with Crippen LogP contribution in [0.4, 0.5) is 0 Å². The van der Waals surface area contributed by atoms with Crippen molar-refractivity contribution in [1.82, 2.24) is 14.8 Å². The first-order chi connectivity index (χ1) is 8.24. The molecule has 0 aliphatic carbocycles. The van der Waals surface area contributed by atoms with Gasteiger partial charge in [-0.05, 0) is 18.6 Å². The molecule has 2 aromatic rings. The number of aromatic carboxylic acids is 1. The Morgan fingerprint density at radius 2 is 2.24 bits per heavy atom. The summed E-state index contributed by atoms with van der Waals surface area (Å²) in [5.74, 6) is -0.952. The largest absolute Gasteiger partial charge is 0.478 e. The zero-order valence-corrected chi connectivity index (χ0v) is 9.50. The lowest BCUT2D eigenvalue weighted by molar-refractivity contribution is 0.0697. The summed E-state index contributed by atoms with van der Waals surface area (Å²) in [5.41, 5.74) is 1.64. The van der Waals surface area contributed by atoms with Gasteiger partial charge in [-0.15, -0.1) is 0 Å². The molecular formula is C12H13N3O2. The molecule has 2 heterocycles. The van der Waals surface area contributed by atoms with Crippen LogP contribution in [0.25, 0.3) is 11.3 Å². The van der Waals surface area contributed by atoms with Gasteiger partial charge in [-0.3, -0.25) is 9.67 Å². The van der Waals surface area contributed by atoms with E-state index < -0.39 is 5.97 Å².